The van der Waals surface area contributed by atoms with Crippen molar-refractivity contribution >= 4 is 5.69 Å². The van der Waals surface area contributed by atoms with Crippen LogP contribution < -0.4 is 9.64 Å². The highest BCUT2D eigenvalue weighted by Gasteiger charge is 2.31. The first kappa shape index (κ1) is 19.7. The van der Waals surface area contributed by atoms with Crippen LogP contribution in [0.15, 0.2) is 60.8 Å². The molecule has 8 heteroatoms. The van der Waals surface area contributed by atoms with E-state index in [4.69, 9.17) is 4.74 Å². The summed E-state index contributed by atoms with van der Waals surface area (Å²) in [5.74, 6) is 0.146. The predicted octanol–water partition coefficient (Wildman–Crippen LogP) is 4.69. The first-order valence-electron chi connectivity index (χ1n) is 9.35. The zero-order valence-electron chi connectivity index (χ0n) is 15.8. The normalized spacial score (nSPS) is 16.3. The summed E-state index contributed by atoms with van der Waals surface area (Å²) < 4.78 is 43.7. The van der Waals surface area contributed by atoms with Gasteiger partial charge in [-0.1, -0.05) is 30.3 Å². The first-order valence-corrected chi connectivity index (χ1v) is 9.35. The Hall–Kier alpha value is -3.60. The zero-order valence-corrected chi connectivity index (χ0v) is 15.8. The summed E-state index contributed by atoms with van der Waals surface area (Å²) in [6, 6.07) is 17.7. The minimum atomic E-state index is -4.43. The topological polar surface area (TPSA) is 62.0 Å². The van der Waals surface area contributed by atoms with Gasteiger partial charge in [-0.3, -0.25) is 0 Å². The van der Waals surface area contributed by atoms with Gasteiger partial charge in [-0.2, -0.15) is 18.4 Å². The lowest BCUT2D eigenvalue weighted by Gasteiger charge is -2.20. The summed E-state index contributed by atoms with van der Waals surface area (Å²) in [5, 5.41) is 9.57. The van der Waals surface area contributed by atoms with E-state index < -0.39 is 11.7 Å². The number of rotatable bonds is 4. The van der Waals surface area contributed by atoms with E-state index in [1.165, 1.54) is 6.07 Å². The monoisotopic (exact) mass is 410 g/mol. The van der Waals surface area contributed by atoms with Crippen molar-refractivity contribution < 1.29 is 17.9 Å². The van der Waals surface area contributed by atoms with Crippen LogP contribution in [0.5, 0.6) is 5.88 Å². The summed E-state index contributed by atoms with van der Waals surface area (Å²) in [5.41, 5.74) is 1.87. The molecule has 0 spiro atoms. The molecule has 0 unspecified atom stereocenters. The van der Waals surface area contributed by atoms with E-state index in [9.17, 15) is 18.4 Å². The smallest absolute Gasteiger partial charge is 0.417 e. The number of ether oxygens (including phenoxy) is 1. The van der Waals surface area contributed by atoms with Crippen molar-refractivity contribution in [2.75, 3.05) is 18.0 Å². The molecule has 1 atom stereocenters. The van der Waals surface area contributed by atoms with E-state index in [0.717, 1.165) is 23.5 Å². The molecule has 4 rings (SSSR count). The molecule has 0 amide bonds. The molecule has 3 heterocycles. The van der Waals surface area contributed by atoms with Gasteiger partial charge in [-0.25, -0.2) is 9.97 Å². The van der Waals surface area contributed by atoms with Crippen LogP contribution in [0.2, 0.25) is 0 Å². The second kappa shape index (κ2) is 8.03. The van der Waals surface area contributed by atoms with Gasteiger partial charge >= 0.3 is 6.18 Å². The Morgan fingerprint density at radius 3 is 2.53 bits per heavy atom. The van der Waals surface area contributed by atoms with E-state index in [2.05, 4.69) is 16.0 Å². The number of pyridine rings is 2. The van der Waals surface area contributed by atoms with Gasteiger partial charge in [-0.05, 0) is 18.2 Å². The molecule has 30 heavy (non-hydrogen) atoms. The van der Waals surface area contributed by atoms with Crippen LogP contribution >= 0.6 is 0 Å². The molecule has 0 saturated carbocycles. The van der Waals surface area contributed by atoms with Crippen LogP contribution in [0.1, 0.15) is 17.7 Å². The van der Waals surface area contributed by atoms with E-state index in [1.54, 1.807) is 0 Å². The molecule has 1 aliphatic rings. The summed E-state index contributed by atoms with van der Waals surface area (Å²) in [6.45, 7) is 1.14. The van der Waals surface area contributed by atoms with Crippen molar-refractivity contribution in [2.24, 2.45) is 0 Å². The van der Waals surface area contributed by atoms with E-state index in [0.29, 0.717) is 30.9 Å². The Balaban J connectivity index is 1.46. The number of nitriles is 1. The molecule has 3 aromatic rings. The van der Waals surface area contributed by atoms with Crippen LogP contribution in [0.3, 0.4) is 0 Å². The maximum absolute atomic E-state index is 12.7. The molecule has 0 aliphatic carbocycles. The van der Waals surface area contributed by atoms with Crippen LogP contribution in [-0.4, -0.2) is 29.2 Å². The average Bonchev–Trinajstić information content (AvgIpc) is 3.22. The van der Waals surface area contributed by atoms with Crippen molar-refractivity contribution in [3.8, 4) is 23.2 Å². The minimum absolute atomic E-state index is 0.146. The molecule has 5 nitrogen and oxygen atoms in total. The van der Waals surface area contributed by atoms with Crippen LogP contribution in [0.25, 0.3) is 11.3 Å². The zero-order chi connectivity index (χ0) is 21.1. The third kappa shape index (κ3) is 4.20. The highest BCUT2D eigenvalue weighted by Crippen LogP contribution is 2.30. The maximum atomic E-state index is 12.7. The molecule has 0 radical (unpaired) electrons. The van der Waals surface area contributed by atoms with E-state index in [-0.39, 0.29) is 12.0 Å². The first-order chi connectivity index (χ1) is 14.4. The molecule has 0 N–H and O–H groups in total. The number of hydrogen-bond donors (Lipinski definition) is 0. The number of anilines is 1. The SMILES string of the molecule is N#Cc1nc(-c2ccccc2)ccc1N1CC[C@@H](Oc2ccc(C(F)(F)F)cn2)C1. The van der Waals surface area contributed by atoms with Gasteiger partial charge in [0.15, 0.2) is 5.69 Å². The highest BCUT2D eigenvalue weighted by atomic mass is 19.4. The predicted molar refractivity (Wildman–Crippen MR) is 105 cm³/mol. The fourth-order valence-corrected chi connectivity index (χ4v) is 3.39. The van der Waals surface area contributed by atoms with Gasteiger partial charge in [0.2, 0.25) is 5.88 Å². The van der Waals surface area contributed by atoms with Gasteiger partial charge in [0.1, 0.15) is 12.2 Å². The number of hydrogen-bond acceptors (Lipinski definition) is 5. The summed E-state index contributed by atoms with van der Waals surface area (Å²) >= 11 is 0. The van der Waals surface area contributed by atoms with Gasteiger partial charge in [-0.15, -0.1) is 0 Å². The van der Waals surface area contributed by atoms with Crippen molar-refractivity contribution in [3.63, 3.8) is 0 Å². The fourth-order valence-electron chi connectivity index (χ4n) is 3.39. The lowest BCUT2D eigenvalue weighted by Crippen LogP contribution is -2.25. The number of halogens is 3. The Bertz CT molecular complexity index is 1060. The highest BCUT2D eigenvalue weighted by molar-refractivity contribution is 5.66. The fraction of sp³-hybridized carbons (Fsp3) is 0.227. The molecular weight excluding hydrogens is 393 g/mol. The average molecular weight is 410 g/mol. The largest absolute Gasteiger partial charge is 0.472 e. The second-order valence-electron chi connectivity index (χ2n) is 6.90. The molecule has 1 fully saturated rings. The van der Waals surface area contributed by atoms with Gasteiger partial charge in [0.25, 0.3) is 0 Å². The summed E-state index contributed by atoms with van der Waals surface area (Å²) in [4.78, 5) is 10.2. The van der Waals surface area contributed by atoms with E-state index >= 15 is 0 Å². The summed E-state index contributed by atoms with van der Waals surface area (Å²) in [6.07, 6.45) is -3.24. The third-order valence-corrected chi connectivity index (χ3v) is 4.89. The number of nitrogens with zero attached hydrogens (tertiary/aromatic N) is 4. The molecule has 2 aromatic heterocycles. The van der Waals surface area contributed by atoms with Crippen molar-refractivity contribution in [3.05, 3.63) is 72.1 Å². The quantitative estimate of drug-likeness (QED) is 0.624. The van der Waals surface area contributed by atoms with Gasteiger partial charge in [0, 0.05) is 30.8 Å². The lowest BCUT2D eigenvalue weighted by atomic mass is 10.1. The van der Waals surface area contributed by atoms with Crippen molar-refractivity contribution in [1.29, 1.82) is 5.26 Å². The summed E-state index contributed by atoms with van der Waals surface area (Å²) in [7, 11) is 0. The lowest BCUT2D eigenvalue weighted by molar-refractivity contribution is -0.137. The van der Waals surface area contributed by atoms with Crippen LogP contribution in [0, 0.1) is 11.3 Å². The Labute approximate surface area is 171 Å². The van der Waals surface area contributed by atoms with E-state index in [1.807, 2.05) is 47.4 Å². The van der Waals surface area contributed by atoms with Gasteiger partial charge < -0.3 is 9.64 Å². The Morgan fingerprint density at radius 1 is 1.07 bits per heavy atom. The molecular formula is C22H17F3N4O. The number of alkyl halides is 3. The second-order valence-corrected chi connectivity index (χ2v) is 6.90. The number of aromatic nitrogens is 2. The minimum Gasteiger partial charge on any atom is -0.472 e. The van der Waals surface area contributed by atoms with Crippen molar-refractivity contribution in [1.82, 2.24) is 9.97 Å². The Morgan fingerprint density at radius 2 is 1.87 bits per heavy atom. The standard InChI is InChI=1S/C22H17F3N4O/c23-22(24,25)16-6-9-21(27-13-16)30-17-10-11-29(14-17)20-8-7-18(28-19(20)12-26)15-4-2-1-3-5-15/h1-9,13,17H,10-11,14H2/t17-/m1/s1. The number of benzene rings is 1. The van der Waals surface area contributed by atoms with Crippen molar-refractivity contribution in [2.45, 2.75) is 18.7 Å². The third-order valence-electron chi connectivity index (χ3n) is 4.89. The molecule has 1 aromatic carbocycles. The van der Waals surface area contributed by atoms with Gasteiger partial charge in [0.05, 0.1) is 23.5 Å². The maximum Gasteiger partial charge on any atom is 0.417 e. The molecule has 152 valence electrons. The van der Waals surface area contributed by atoms with Crippen LogP contribution in [0.4, 0.5) is 18.9 Å². The molecule has 1 saturated heterocycles. The Kier molecular flexibility index (Phi) is 5.27. The molecule has 1 aliphatic heterocycles. The van der Waals surface area contributed by atoms with Crippen LogP contribution in [-0.2, 0) is 6.18 Å². The molecule has 0 bridgehead atoms.